The van der Waals surface area contributed by atoms with E-state index in [1.807, 2.05) is 4.90 Å². The highest BCUT2D eigenvalue weighted by Gasteiger charge is 2.36. The number of fused-ring (bicyclic) bond motifs is 1. The van der Waals surface area contributed by atoms with Gasteiger partial charge < -0.3 is 9.80 Å². The number of anilines is 1. The third-order valence-corrected chi connectivity index (χ3v) is 9.93. The smallest absolute Gasteiger partial charge is 0.243 e. The fourth-order valence-electron chi connectivity index (χ4n) is 4.98. The molecule has 0 saturated carbocycles. The summed E-state index contributed by atoms with van der Waals surface area (Å²) in [6, 6.07) is 12.8. The van der Waals surface area contributed by atoms with E-state index in [9.17, 15) is 13.2 Å². The summed E-state index contributed by atoms with van der Waals surface area (Å²) in [4.78, 5) is 22.6. The molecule has 0 aliphatic carbocycles. The van der Waals surface area contributed by atoms with Crippen LogP contribution in [-0.4, -0.2) is 67.8 Å². The van der Waals surface area contributed by atoms with Gasteiger partial charge in [0.25, 0.3) is 0 Å². The summed E-state index contributed by atoms with van der Waals surface area (Å²) < 4.78 is 28.8. The van der Waals surface area contributed by atoms with Crippen LogP contribution in [0, 0.1) is 19.8 Å². The number of hydrogen-bond donors (Lipinski definition) is 0. The zero-order valence-electron chi connectivity index (χ0n) is 19.6. The molecule has 34 heavy (non-hydrogen) atoms. The molecule has 2 aliphatic rings. The van der Waals surface area contributed by atoms with E-state index in [4.69, 9.17) is 4.98 Å². The molecule has 7 nitrogen and oxygen atoms in total. The van der Waals surface area contributed by atoms with Crippen LogP contribution in [0.5, 0.6) is 0 Å². The molecule has 1 amide bonds. The van der Waals surface area contributed by atoms with Gasteiger partial charge in [-0.3, -0.25) is 4.79 Å². The van der Waals surface area contributed by atoms with Gasteiger partial charge in [-0.15, -0.1) is 0 Å². The summed E-state index contributed by atoms with van der Waals surface area (Å²) in [7, 11) is -3.58. The van der Waals surface area contributed by atoms with Gasteiger partial charge in [-0.1, -0.05) is 35.6 Å². The molecule has 2 saturated heterocycles. The van der Waals surface area contributed by atoms with Crippen LogP contribution < -0.4 is 4.90 Å². The predicted octanol–water partition coefficient (Wildman–Crippen LogP) is 3.66. The number of carbonyl (C=O) groups excluding carboxylic acids is 1. The molecule has 1 unspecified atom stereocenters. The Bertz CT molecular complexity index is 1300. The summed E-state index contributed by atoms with van der Waals surface area (Å²) in [6.07, 6.45) is 1.43. The third-order valence-electron chi connectivity index (χ3n) is 6.79. The Hall–Kier alpha value is -2.49. The van der Waals surface area contributed by atoms with E-state index in [0.29, 0.717) is 26.1 Å². The summed E-state index contributed by atoms with van der Waals surface area (Å²) in [5, 5.41) is 1.01. The van der Waals surface area contributed by atoms with Crippen molar-refractivity contribution in [1.82, 2.24) is 14.2 Å². The number of rotatable bonds is 4. The van der Waals surface area contributed by atoms with Crippen molar-refractivity contribution in [2.24, 2.45) is 5.92 Å². The van der Waals surface area contributed by atoms with Crippen LogP contribution >= 0.6 is 11.3 Å². The number of piperidine rings is 1. The molecule has 180 valence electrons. The van der Waals surface area contributed by atoms with Gasteiger partial charge >= 0.3 is 0 Å². The van der Waals surface area contributed by atoms with Crippen molar-refractivity contribution in [1.29, 1.82) is 0 Å². The first-order valence-electron chi connectivity index (χ1n) is 11.8. The van der Waals surface area contributed by atoms with Crippen LogP contribution in [0.3, 0.4) is 0 Å². The number of benzene rings is 2. The first kappa shape index (κ1) is 23.3. The molecule has 9 heteroatoms. The van der Waals surface area contributed by atoms with Gasteiger partial charge in [0.15, 0.2) is 5.13 Å². The second-order valence-electron chi connectivity index (χ2n) is 9.25. The zero-order chi connectivity index (χ0) is 23.9. The van der Waals surface area contributed by atoms with E-state index in [0.717, 1.165) is 30.2 Å². The Kier molecular flexibility index (Phi) is 6.35. The molecule has 1 aromatic heterocycles. The Morgan fingerprint density at radius 3 is 2.50 bits per heavy atom. The lowest BCUT2D eigenvalue weighted by atomic mass is 9.98. The SMILES string of the molecule is Cc1cc(C)c2sc(N3CCN(C(=O)C4CCCN(S(=O)(=O)c5ccccc5)C4)CC3)nc2c1. The van der Waals surface area contributed by atoms with Crippen LogP contribution in [0.4, 0.5) is 5.13 Å². The first-order chi connectivity index (χ1) is 16.3. The largest absolute Gasteiger partial charge is 0.345 e. The fourth-order valence-corrected chi connectivity index (χ4v) is 7.59. The van der Waals surface area contributed by atoms with Crippen LogP contribution in [0.1, 0.15) is 24.0 Å². The van der Waals surface area contributed by atoms with E-state index < -0.39 is 10.0 Å². The maximum absolute atomic E-state index is 13.3. The van der Waals surface area contributed by atoms with Gasteiger partial charge in [0.2, 0.25) is 15.9 Å². The molecular formula is C25H30N4O3S2. The molecule has 3 aromatic rings. The van der Waals surface area contributed by atoms with Gasteiger partial charge in [0, 0.05) is 39.3 Å². The minimum Gasteiger partial charge on any atom is -0.345 e. The maximum Gasteiger partial charge on any atom is 0.243 e. The minimum atomic E-state index is -3.58. The minimum absolute atomic E-state index is 0.0726. The molecular weight excluding hydrogens is 468 g/mol. The van der Waals surface area contributed by atoms with Crippen molar-refractivity contribution in [3.05, 3.63) is 53.6 Å². The van der Waals surface area contributed by atoms with Gasteiger partial charge in [-0.2, -0.15) is 4.31 Å². The molecule has 0 N–H and O–H groups in total. The van der Waals surface area contributed by atoms with Crippen molar-refractivity contribution in [2.75, 3.05) is 44.2 Å². The van der Waals surface area contributed by atoms with E-state index in [-0.39, 0.29) is 23.3 Å². The van der Waals surface area contributed by atoms with Crippen molar-refractivity contribution < 1.29 is 13.2 Å². The van der Waals surface area contributed by atoms with Crippen molar-refractivity contribution in [3.63, 3.8) is 0 Å². The van der Waals surface area contributed by atoms with Crippen molar-refractivity contribution in [2.45, 2.75) is 31.6 Å². The first-order valence-corrected chi connectivity index (χ1v) is 14.1. The molecule has 1 atom stereocenters. The van der Waals surface area contributed by atoms with Gasteiger partial charge in [0.05, 0.1) is 21.0 Å². The summed E-state index contributed by atoms with van der Waals surface area (Å²) in [6.45, 7) is 7.68. The highest BCUT2D eigenvalue weighted by atomic mass is 32.2. The van der Waals surface area contributed by atoms with Gasteiger partial charge in [-0.25, -0.2) is 13.4 Å². The lowest BCUT2D eigenvalue weighted by molar-refractivity contribution is -0.137. The van der Waals surface area contributed by atoms with Gasteiger partial charge in [-0.05, 0) is 56.0 Å². The topological polar surface area (TPSA) is 73.8 Å². The molecule has 2 aromatic carbocycles. The van der Waals surface area contributed by atoms with E-state index >= 15 is 0 Å². The number of nitrogens with zero attached hydrogens (tertiary/aromatic N) is 4. The Balaban J connectivity index is 1.23. The Labute approximate surface area is 205 Å². The Morgan fingerprint density at radius 1 is 1.03 bits per heavy atom. The lowest BCUT2D eigenvalue weighted by Gasteiger charge is -2.38. The van der Waals surface area contributed by atoms with E-state index in [2.05, 4.69) is 30.9 Å². The highest BCUT2D eigenvalue weighted by Crippen LogP contribution is 2.33. The molecule has 0 bridgehead atoms. The normalized spacial score (nSPS) is 20.1. The number of sulfonamides is 1. The quantitative estimate of drug-likeness (QED) is 0.549. The molecule has 2 aliphatic heterocycles. The van der Waals surface area contributed by atoms with E-state index in [1.54, 1.807) is 41.7 Å². The number of carbonyl (C=O) groups is 1. The molecule has 0 radical (unpaired) electrons. The number of hydrogen-bond acceptors (Lipinski definition) is 6. The van der Waals surface area contributed by atoms with Crippen molar-refractivity contribution in [3.8, 4) is 0 Å². The molecule has 0 spiro atoms. The van der Waals surface area contributed by atoms with Crippen LogP contribution in [0.2, 0.25) is 0 Å². The summed E-state index contributed by atoms with van der Waals surface area (Å²) >= 11 is 1.72. The average Bonchev–Trinajstić information content (AvgIpc) is 3.29. The number of piperazine rings is 1. The average molecular weight is 499 g/mol. The third kappa shape index (κ3) is 4.44. The maximum atomic E-state index is 13.3. The monoisotopic (exact) mass is 498 g/mol. The van der Waals surface area contributed by atoms with Crippen LogP contribution in [0.25, 0.3) is 10.2 Å². The summed E-state index contributed by atoms with van der Waals surface area (Å²) in [5.74, 6) is -0.213. The number of aryl methyl sites for hydroxylation is 2. The second kappa shape index (κ2) is 9.28. The number of aromatic nitrogens is 1. The van der Waals surface area contributed by atoms with Crippen LogP contribution in [-0.2, 0) is 14.8 Å². The highest BCUT2D eigenvalue weighted by molar-refractivity contribution is 7.89. The number of thiazole rings is 1. The van der Waals surface area contributed by atoms with Gasteiger partial charge in [0.1, 0.15) is 0 Å². The van der Waals surface area contributed by atoms with Crippen LogP contribution in [0.15, 0.2) is 47.4 Å². The lowest BCUT2D eigenvalue weighted by Crippen LogP contribution is -2.53. The van der Waals surface area contributed by atoms with E-state index in [1.165, 1.54) is 20.1 Å². The molecule has 3 heterocycles. The predicted molar refractivity (Wildman–Crippen MR) is 136 cm³/mol. The number of amides is 1. The zero-order valence-corrected chi connectivity index (χ0v) is 21.2. The molecule has 2 fully saturated rings. The standard InChI is InChI=1S/C25H30N4O3S2/c1-18-15-19(2)23-22(16-18)26-25(33-23)28-13-11-27(12-14-28)24(30)20-7-6-10-29(17-20)34(31,32)21-8-4-3-5-9-21/h3-5,8-9,15-16,20H,6-7,10-14,17H2,1-2H3. The van der Waals surface area contributed by atoms with Crippen molar-refractivity contribution >= 4 is 42.6 Å². The molecule has 5 rings (SSSR count). The Morgan fingerprint density at radius 2 is 1.76 bits per heavy atom. The summed E-state index contributed by atoms with van der Waals surface area (Å²) in [5.41, 5.74) is 3.51. The fraction of sp³-hybridized carbons (Fsp3) is 0.440. The second-order valence-corrected chi connectivity index (χ2v) is 12.2.